The van der Waals surface area contributed by atoms with Crippen LogP contribution in [0.25, 0.3) is 0 Å². The molecule has 0 radical (unpaired) electrons. The van der Waals surface area contributed by atoms with Crippen molar-refractivity contribution >= 4 is 6.03 Å². The molecule has 0 aromatic heterocycles. The number of urea groups is 1. The van der Waals surface area contributed by atoms with Gasteiger partial charge in [-0.05, 0) is 20.3 Å². The molecule has 2 amide bonds. The van der Waals surface area contributed by atoms with Gasteiger partial charge >= 0.3 is 6.03 Å². The molecule has 0 spiro atoms. The van der Waals surface area contributed by atoms with Gasteiger partial charge in [-0.15, -0.1) is 0 Å². The number of nitrogens with one attached hydrogen (secondary N) is 2. The summed E-state index contributed by atoms with van der Waals surface area (Å²) in [6.45, 7) is 5.65. The third kappa shape index (κ3) is 8.17. The summed E-state index contributed by atoms with van der Waals surface area (Å²) in [4.78, 5) is 10.7. The third-order valence-electron chi connectivity index (χ3n) is 1.74. The molecule has 0 fully saturated rings. The minimum Gasteiger partial charge on any atom is -0.353 e. The fourth-order valence-electron chi connectivity index (χ4n) is 1.11. The average Bonchev–Trinajstić information content (AvgIpc) is 2.24. The molecule has 0 aromatic carbocycles. The smallest absolute Gasteiger partial charge is 0.328 e. The molecule has 0 aliphatic carbocycles. The van der Waals surface area contributed by atoms with E-state index in [1.54, 1.807) is 0 Å². The quantitative estimate of drug-likeness (QED) is 0.181. The van der Waals surface area contributed by atoms with Crippen LogP contribution in [0.1, 0.15) is 26.7 Å². The minimum atomic E-state index is -0.376. The summed E-state index contributed by atoms with van der Waals surface area (Å²) in [5, 5.41) is 2.59. The molecular weight excluding hydrogens is 198 g/mol. The Hall–Kier alpha value is -0.850. The standard InChI is InChI=1S/C9H21N3O3/c1-3-14-8(15-4-2)6-5-7-11-9(13)12-10/h8H,3-7,10H2,1-2H3,(H2,11,12,13). The summed E-state index contributed by atoms with van der Waals surface area (Å²) in [7, 11) is 0. The molecule has 0 aliphatic heterocycles. The second-order valence-corrected chi connectivity index (χ2v) is 2.88. The number of carbonyl (C=O) groups is 1. The lowest BCUT2D eigenvalue weighted by atomic mass is 10.3. The summed E-state index contributed by atoms with van der Waals surface area (Å²) in [5.74, 6) is 4.90. The first kappa shape index (κ1) is 14.2. The molecule has 15 heavy (non-hydrogen) atoms. The Kier molecular flexibility index (Phi) is 9.15. The summed E-state index contributed by atoms with van der Waals surface area (Å²) < 4.78 is 10.7. The van der Waals surface area contributed by atoms with Gasteiger partial charge in [0.05, 0.1) is 0 Å². The highest BCUT2D eigenvalue weighted by atomic mass is 16.7. The normalized spacial score (nSPS) is 10.4. The molecule has 0 rings (SSSR count). The maximum atomic E-state index is 10.7. The molecule has 0 unspecified atom stereocenters. The molecule has 0 aliphatic rings. The largest absolute Gasteiger partial charge is 0.353 e. The molecule has 6 heteroatoms. The van der Waals surface area contributed by atoms with Crippen molar-refractivity contribution in [3.63, 3.8) is 0 Å². The van der Waals surface area contributed by atoms with Crippen LogP contribution in [0.4, 0.5) is 4.79 Å². The fourth-order valence-corrected chi connectivity index (χ4v) is 1.11. The highest BCUT2D eigenvalue weighted by Crippen LogP contribution is 2.03. The number of nitrogens with two attached hydrogens (primary N) is 1. The van der Waals surface area contributed by atoms with E-state index in [2.05, 4.69) is 5.32 Å². The van der Waals surface area contributed by atoms with Crippen molar-refractivity contribution in [2.45, 2.75) is 33.0 Å². The predicted octanol–water partition coefficient (Wildman–Crippen LogP) is 0.339. The van der Waals surface area contributed by atoms with Gasteiger partial charge in [0.2, 0.25) is 0 Å². The van der Waals surface area contributed by atoms with Gasteiger partial charge < -0.3 is 14.8 Å². The molecule has 0 saturated carbocycles. The highest BCUT2D eigenvalue weighted by molar-refractivity contribution is 5.72. The first-order chi connectivity index (χ1) is 7.24. The van der Waals surface area contributed by atoms with Crippen LogP contribution in [-0.2, 0) is 9.47 Å². The van der Waals surface area contributed by atoms with Gasteiger partial charge in [0.25, 0.3) is 0 Å². The lowest BCUT2D eigenvalue weighted by Gasteiger charge is -2.16. The number of rotatable bonds is 8. The summed E-state index contributed by atoms with van der Waals surface area (Å²) >= 11 is 0. The lowest BCUT2D eigenvalue weighted by Crippen LogP contribution is -2.40. The topological polar surface area (TPSA) is 85.6 Å². The van der Waals surface area contributed by atoms with Gasteiger partial charge in [0.1, 0.15) is 0 Å². The van der Waals surface area contributed by atoms with Crippen molar-refractivity contribution in [3.05, 3.63) is 0 Å². The average molecular weight is 219 g/mol. The van der Waals surface area contributed by atoms with E-state index >= 15 is 0 Å². The van der Waals surface area contributed by atoms with Crippen molar-refractivity contribution in [2.24, 2.45) is 5.84 Å². The Bertz CT molecular complexity index is 161. The second-order valence-electron chi connectivity index (χ2n) is 2.88. The van der Waals surface area contributed by atoms with Gasteiger partial charge in [0, 0.05) is 26.2 Å². The van der Waals surface area contributed by atoms with Crippen molar-refractivity contribution in [1.82, 2.24) is 10.7 Å². The molecular formula is C9H21N3O3. The molecule has 0 saturated heterocycles. The zero-order valence-corrected chi connectivity index (χ0v) is 9.41. The number of hydrazine groups is 1. The van der Waals surface area contributed by atoms with E-state index in [0.717, 1.165) is 12.8 Å². The Morgan fingerprint density at radius 1 is 1.33 bits per heavy atom. The Balaban J connectivity index is 3.48. The Morgan fingerprint density at radius 2 is 1.93 bits per heavy atom. The minimum absolute atomic E-state index is 0.178. The number of ether oxygens (including phenoxy) is 2. The molecule has 0 bridgehead atoms. The fraction of sp³-hybridized carbons (Fsp3) is 0.889. The summed E-state index contributed by atoms with van der Waals surface area (Å²) in [5.41, 5.74) is 1.99. The summed E-state index contributed by atoms with van der Waals surface area (Å²) in [6, 6.07) is -0.376. The van der Waals surface area contributed by atoms with Gasteiger partial charge in [0.15, 0.2) is 6.29 Å². The Labute approximate surface area is 90.5 Å². The molecule has 90 valence electrons. The van der Waals surface area contributed by atoms with Gasteiger partial charge in [-0.2, -0.15) is 0 Å². The van der Waals surface area contributed by atoms with E-state index in [-0.39, 0.29) is 12.3 Å². The zero-order valence-electron chi connectivity index (χ0n) is 9.41. The Morgan fingerprint density at radius 3 is 2.40 bits per heavy atom. The van der Waals surface area contributed by atoms with Crippen molar-refractivity contribution in [1.29, 1.82) is 0 Å². The second kappa shape index (κ2) is 9.70. The van der Waals surface area contributed by atoms with E-state index in [1.165, 1.54) is 0 Å². The van der Waals surface area contributed by atoms with Crippen LogP contribution in [0.3, 0.4) is 0 Å². The molecule has 0 aromatic rings. The van der Waals surface area contributed by atoms with Crippen LogP contribution in [-0.4, -0.2) is 32.1 Å². The summed E-state index contributed by atoms with van der Waals surface area (Å²) in [6.07, 6.45) is 1.37. The van der Waals surface area contributed by atoms with E-state index in [1.807, 2.05) is 19.3 Å². The number of carbonyl (C=O) groups excluding carboxylic acids is 1. The van der Waals surface area contributed by atoms with E-state index < -0.39 is 0 Å². The van der Waals surface area contributed by atoms with Crippen LogP contribution in [0.2, 0.25) is 0 Å². The zero-order chi connectivity index (χ0) is 11.5. The van der Waals surface area contributed by atoms with Crippen LogP contribution in [0, 0.1) is 0 Å². The number of hydrogen-bond acceptors (Lipinski definition) is 4. The van der Waals surface area contributed by atoms with Crippen LogP contribution in [0.5, 0.6) is 0 Å². The molecule has 0 atom stereocenters. The number of amides is 2. The van der Waals surface area contributed by atoms with Crippen LogP contribution < -0.4 is 16.6 Å². The van der Waals surface area contributed by atoms with Crippen molar-refractivity contribution in [3.8, 4) is 0 Å². The highest BCUT2D eigenvalue weighted by Gasteiger charge is 2.07. The maximum absolute atomic E-state index is 10.7. The molecule has 0 heterocycles. The molecule has 4 N–H and O–H groups in total. The van der Waals surface area contributed by atoms with E-state index in [4.69, 9.17) is 15.3 Å². The lowest BCUT2D eigenvalue weighted by molar-refractivity contribution is -0.139. The van der Waals surface area contributed by atoms with Gasteiger partial charge in [-0.3, -0.25) is 5.43 Å². The maximum Gasteiger partial charge on any atom is 0.328 e. The van der Waals surface area contributed by atoms with Crippen molar-refractivity contribution < 1.29 is 14.3 Å². The predicted molar refractivity (Wildman–Crippen MR) is 57.0 cm³/mol. The van der Waals surface area contributed by atoms with E-state index in [0.29, 0.717) is 19.8 Å². The number of hydrogen-bond donors (Lipinski definition) is 3. The van der Waals surface area contributed by atoms with Gasteiger partial charge in [-0.1, -0.05) is 0 Å². The van der Waals surface area contributed by atoms with Crippen LogP contribution in [0.15, 0.2) is 0 Å². The molecule has 6 nitrogen and oxygen atoms in total. The first-order valence-corrected chi connectivity index (χ1v) is 5.22. The van der Waals surface area contributed by atoms with Gasteiger partial charge in [-0.25, -0.2) is 10.6 Å². The van der Waals surface area contributed by atoms with Crippen molar-refractivity contribution in [2.75, 3.05) is 19.8 Å². The van der Waals surface area contributed by atoms with Crippen LogP contribution >= 0.6 is 0 Å². The van der Waals surface area contributed by atoms with E-state index in [9.17, 15) is 4.79 Å². The first-order valence-electron chi connectivity index (χ1n) is 5.22. The monoisotopic (exact) mass is 219 g/mol. The third-order valence-corrected chi connectivity index (χ3v) is 1.74. The SMILES string of the molecule is CCOC(CCCNC(=O)NN)OCC.